The van der Waals surface area contributed by atoms with Gasteiger partial charge in [-0.15, -0.1) is 0 Å². The van der Waals surface area contributed by atoms with Gasteiger partial charge in [0.25, 0.3) is 0 Å². The van der Waals surface area contributed by atoms with Crippen molar-refractivity contribution in [2.75, 3.05) is 18.0 Å². The lowest BCUT2D eigenvalue weighted by molar-refractivity contribution is 0.0696. The molecule has 102 valence electrons. The molecule has 1 saturated carbocycles. The first-order chi connectivity index (χ1) is 9.25. The minimum atomic E-state index is -0.881. The second-order valence-electron chi connectivity index (χ2n) is 5.74. The Bertz CT molecular complexity index is 475. The van der Waals surface area contributed by atoms with Crippen molar-refractivity contribution in [3.8, 4) is 0 Å². The van der Waals surface area contributed by atoms with Gasteiger partial charge in [0.1, 0.15) is 5.56 Å². The lowest BCUT2D eigenvalue weighted by Gasteiger charge is -2.42. The van der Waals surface area contributed by atoms with Crippen molar-refractivity contribution in [2.45, 2.75) is 32.1 Å². The number of hydrogen-bond acceptors (Lipinski definition) is 3. The number of carboxylic acids is 1. The second kappa shape index (κ2) is 5.19. The molecule has 1 N–H and O–H groups in total. The van der Waals surface area contributed by atoms with E-state index in [-0.39, 0.29) is 0 Å². The van der Waals surface area contributed by atoms with Crippen LogP contribution in [0.4, 0.5) is 5.69 Å². The number of fused-ring (bicyclic) bond motifs is 1. The molecule has 1 aliphatic carbocycles. The van der Waals surface area contributed by atoms with Crippen molar-refractivity contribution in [1.29, 1.82) is 0 Å². The molecule has 3 rings (SSSR count). The van der Waals surface area contributed by atoms with Gasteiger partial charge in [0.15, 0.2) is 0 Å². The number of carboxylic acid groups (broad SMARTS) is 1. The Morgan fingerprint density at radius 1 is 1.26 bits per heavy atom. The fraction of sp³-hybridized carbons (Fsp3) is 0.600. The number of pyridine rings is 1. The lowest BCUT2D eigenvalue weighted by Crippen LogP contribution is -2.42. The fourth-order valence-corrected chi connectivity index (χ4v) is 3.65. The van der Waals surface area contributed by atoms with Crippen LogP contribution in [0.3, 0.4) is 0 Å². The highest BCUT2D eigenvalue weighted by Crippen LogP contribution is 2.38. The van der Waals surface area contributed by atoms with Crippen LogP contribution >= 0.6 is 0 Å². The highest BCUT2D eigenvalue weighted by molar-refractivity contribution is 5.94. The van der Waals surface area contributed by atoms with Gasteiger partial charge in [-0.05, 0) is 30.7 Å². The first-order valence-electron chi connectivity index (χ1n) is 7.18. The van der Waals surface area contributed by atoms with Crippen LogP contribution in [0.2, 0.25) is 0 Å². The van der Waals surface area contributed by atoms with Crippen LogP contribution in [0.5, 0.6) is 0 Å². The number of nitrogens with zero attached hydrogens (tertiary/aromatic N) is 2. The van der Waals surface area contributed by atoms with Gasteiger partial charge in [0.2, 0.25) is 0 Å². The molecule has 19 heavy (non-hydrogen) atoms. The van der Waals surface area contributed by atoms with Crippen molar-refractivity contribution < 1.29 is 9.90 Å². The molecule has 0 spiro atoms. The number of piperidine rings is 1. The summed E-state index contributed by atoms with van der Waals surface area (Å²) in [4.78, 5) is 17.5. The third-order valence-corrected chi connectivity index (χ3v) is 4.66. The third kappa shape index (κ3) is 2.44. The molecule has 4 nitrogen and oxygen atoms in total. The van der Waals surface area contributed by atoms with Crippen LogP contribution in [0, 0.1) is 11.8 Å². The summed E-state index contributed by atoms with van der Waals surface area (Å²) in [7, 11) is 0. The Morgan fingerprint density at radius 2 is 2.05 bits per heavy atom. The molecule has 2 aliphatic rings. The Labute approximate surface area is 113 Å². The summed E-state index contributed by atoms with van der Waals surface area (Å²) in [6.07, 6.45) is 9.72. The number of hydrogen-bond donors (Lipinski definition) is 1. The number of carbonyl (C=O) groups is 1. The van der Waals surface area contributed by atoms with E-state index in [1.54, 1.807) is 6.20 Å². The zero-order chi connectivity index (χ0) is 13.2. The summed E-state index contributed by atoms with van der Waals surface area (Å²) in [5, 5.41) is 9.26. The van der Waals surface area contributed by atoms with E-state index in [4.69, 9.17) is 0 Å². The quantitative estimate of drug-likeness (QED) is 0.888. The highest BCUT2D eigenvalue weighted by atomic mass is 16.4. The third-order valence-electron chi connectivity index (χ3n) is 4.66. The van der Waals surface area contributed by atoms with E-state index in [1.807, 2.05) is 6.07 Å². The standard InChI is InChI=1S/C15H20N2O2/c18-15(19)13-9-16-7-5-14(13)17-8-6-11-3-1-2-4-12(11)10-17/h5,7,9,11-12H,1-4,6,8,10H2,(H,18,19). The number of aromatic carboxylic acids is 1. The summed E-state index contributed by atoms with van der Waals surface area (Å²) < 4.78 is 0. The van der Waals surface area contributed by atoms with Gasteiger partial charge in [0.05, 0.1) is 5.69 Å². The van der Waals surface area contributed by atoms with Gasteiger partial charge < -0.3 is 10.0 Å². The summed E-state index contributed by atoms with van der Waals surface area (Å²) in [6, 6.07) is 1.84. The van der Waals surface area contributed by atoms with E-state index >= 15 is 0 Å². The number of rotatable bonds is 2. The minimum Gasteiger partial charge on any atom is -0.478 e. The summed E-state index contributed by atoms with van der Waals surface area (Å²) in [6.45, 7) is 1.99. The van der Waals surface area contributed by atoms with Crippen LogP contribution in [-0.2, 0) is 0 Å². The maximum Gasteiger partial charge on any atom is 0.339 e. The molecule has 1 aromatic heterocycles. The molecule has 2 atom stereocenters. The normalized spacial score (nSPS) is 26.8. The van der Waals surface area contributed by atoms with E-state index in [0.29, 0.717) is 5.56 Å². The van der Waals surface area contributed by atoms with Gasteiger partial charge >= 0.3 is 5.97 Å². The van der Waals surface area contributed by atoms with E-state index in [1.165, 1.54) is 38.3 Å². The molecule has 0 radical (unpaired) electrons. The van der Waals surface area contributed by atoms with Crippen LogP contribution < -0.4 is 4.90 Å². The highest BCUT2D eigenvalue weighted by Gasteiger charge is 2.32. The van der Waals surface area contributed by atoms with Crippen LogP contribution in [0.25, 0.3) is 0 Å². The summed E-state index contributed by atoms with van der Waals surface area (Å²) in [5.74, 6) is 0.728. The number of anilines is 1. The van der Waals surface area contributed by atoms with E-state index < -0.39 is 5.97 Å². The molecule has 1 aromatic rings. The summed E-state index contributed by atoms with van der Waals surface area (Å²) >= 11 is 0. The maximum absolute atomic E-state index is 11.3. The molecule has 1 aliphatic heterocycles. The van der Waals surface area contributed by atoms with Crippen molar-refractivity contribution in [2.24, 2.45) is 11.8 Å². The van der Waals surface area contributed by atoms with Crippen molar-refractivity contribution in [3.63, 3.8) is 0 Å². The van der Waals surface area contributed by atoms with E-state index in [9.17, 15) is 9.90 Å². The average molecular weight is 260 g/mol. The Kier molecular flexibility index (Phi) is 3.40. The minimum absolute atomic E-state index is 0.330. The predicted molar refractivity (Wildman–Crippen MR) is 73.5 cm³/mol. The van der Waals surface area contributed by atoms with Crippen molar-refractivity contribution in [1.82, 2.24) is 4.98 Å². The van der Waals surface area contributed by atoms with Gasteiger partial charge in [-0.1, -0.05) is 19.3 Å². The molecule has 0 bridgehead atoms. The SMILES string of the molecule is O=C(O)c1cnccc1N1CCC2CCCCC2C1. The molecule has 2 fully saturated rings. The number of aromatic nitrogens is 1. The van der Waals surface area contributed by atoms with E-state index in [2.05, 4.69) is 9.88 Å². The summed E-state index contributed by atoms with van der Waals surface area (Å²) in [5.41, 5.74) is 1.17. The maximum atomic E-state index is 11.3. The van der Waals surface area contributed by atoms with Gasteiger partial charge in [-0.2, -0.15) is 0 Å². The predicted octanol–water partition coefficient (Wildman–Crippen LogP) is 2.80. The molecule has 4 heteroatoms. The molecule has 2 heterocycles. The molecule has 0 amide bonds. The molecule has 2 unspecified atom stereocenters. The van der Waals surface area contributed by atoms with Gasteiger partial charge in [-0.25, -0.2) is 4.79 Å². The first-order valence-corrected chi connectivity index (χ1v) is 7.18. The Hall–Kier alpha value is -1.58. The van der Waals surface area contributed by atoms with Crippen molar-refractivity contribution >= 4 is 11.7 Å². The van der Waals surface area contributed by atoms with Crippen molar-refractivity contribution in [3.05, 3.63) is 24.0 Å². The van der Waals surface area contributed by atoms with Crippen LogP contribution in [0.15, 0.2) is 18.5 Å². The Balaban J connectivity index is 1.81. The first kappa shape index (κ1) is 12.5. The molecular weight excluding hydrogens is 240 g/mol. The monoisotopic (exact) mass is 260 g/mol. The van der Waals surface area contributed by atoms with Gasteiger partial charge in [-0.3, -0.25) is 4.98 Å². The Morgan fingerprint density at radius 3 is 2.84 bits per heavy atom. The van der Waals surface area contributed by atoms with Crippen LogP contribution in [0.1, 0.15) is 42.5 Å². The lowest BCUT2D eigenvalue weighted by atomic mass is 9.75. The topological polar surface area (TPSA) is 53.4 Å². The average Bonchev–Trinajstić information content (AvgIpc) is 2.46. The molecule has 0 aromatic carbocycles. The zero-order valence-electron chi connectivity index (χ0n) is 11.1. The van der Waals surface area contributed by atoms with E-state index in [0.717, 1.165) is 30.6 Å². The zero-order valence-corrected chi connectivity index (χ0v) is 11.1. The fourth-order valence-electron chi connectivity index (χ4n) is 3.65. The molecule has 1 saturated heterocycles. The van der Waals surface area contributed by atoms with Gasteiger partial charge in [0, 0.05) is 25.5 Å². The van der Waals surface area contributed by atoms with Crippen LogP contribution in [-0.4, -0.2) is 29.1 Å². The largest absolute Gasteiger partial charge is 0.478 e. The smallest absolute Gasteiger partial charge is 0.339 e. The second-order valence-corrected chi connectivity index (χ2v) is 5.74. The molecular formula is C15H20N2O2.